The van der Waals surface area contributed by atoms with Crippen LogP contribution in [0.4, 0.5) is 5.69 Å². The molecule has 0 saturated heterocycles. The van der Waals surface area contributed by atoms with E-state index in [-0.39, 0.29) is 5.97 Å². The van der Waals surface area contributed by atoms with Gasteiger partial charge in [0.15, 0.2) is 0 Å². The first kappa shape index (κ1) is 17.8. The molecule has 5 atom stereocenters. The Kier molecular flexibility index (Phi) is 4.22. The molecule has 0 aromatic heterocycles. The number of carbonyl (C=O) groups excluding carboxylic acids is 1. The molecule has 5 rings (SSSR count). The summed E-state index contributed by atoms with van der Waals surface area (Å²) in [4.78, 5) is 11.8. The summed E-state index contributed by atoms with van der Waals surface area (Å²) < 4.78 is 4.87. The third-order valence-electron chi connectivity index (χ3n) is 7.47. The van der Waals surface area contributed by atoms with Crippen molar-refractivity contribution in [2.75, 3.05) is 12.4 Å². The van der Waals surface area contributed by atoms with Gasteiger partial charge in [0.2, 0.25) is 0 Å². The van der Waals surface area contributed by atoms with E-state index in [1.165, 1.54) is 43.2 Å². The van der Waals surface area contributed by atoms with E-state index in [1.54, 1.807) is 5.56 Å². The average molecular weight is 376 g/mol. The summed E-state index contributed by atoms with van der Waals surface area (Å²) >= 11 is 0. The van der Waals surface area contributed by atoms with E-state index in [4.69, 9.17) is 4.74 Å². The van der Waals surface area contributed by atoms with Crippen LogP contribution in [0.1, 0.15) is 78.0 Å². The summed E-state index contributed by atoms with van der Waals surface area (Å²) in [6.07, 6.45) is 4.12. The van der Waals surface area contributed by atoms with Crippen molar-refractivity contribution in [2.24, 2.45) is 17.8 Å². The molecule has 1 heterocycles. The number of para-hydroxylation sites is 1. The molecule has 28 heavy (non-hydrogen) atoms. The van der Waals surface area contributed by atoms with Crippen LogP contribution in [0.5, 0.6) is 0 Å². The van der Waals surface area contributed by atoms with Crippen LogP contribution in [0, 0.1) is 17.8 Å². The fourth-order valence-corrected chi connectivity index (χ4v) is 6.29. The van der Waals surface area contributed by atoms with Crippen molar-refractivity contribution < 1.29 is 9.53 Å². The lowest BCUT2D eigenvalue weighted by atomic mass is 9.67. The van der Waals surface area contributed by atoms with Crippen LogP contribution in [0.15, 0.2) is 42.5 Å². The zero-order chi connectivity index (χ0) is 19.4. The topological polar surface area (TPSA) is 38.3 Å². The highest BCUT2D eigenvalue weighted by Crippen LogP contribution is 2.64. The van der Waals surface area contributed by atoms with Gasteiger partial charge in [-0.2, -0.15) is 0 Å². The molecular formula is C25H29NO2. The molecule has 0 radical (unpaired) electrons. The van der Waals surface area contributed by atoms with Crippen LogP contribution in [0.25, 0.3) is 0 Å². The van der Waals surface area contributed by atoms with Crippen LogP contribution in [0.3, 0.4) is 0 Å². The SMILES string of the molecule is COC(=O)c1ccc([C@@H]2Nc3c(C(C)C)cccc3[C@@H]3[C@H]4CC[C@@H](C4)[C@@H]32)cc1. The minimum atomic E-state index is -0.270. The Hall–Kier alpha value is -2.29. The summed E-state index contributed by atoms with van der Waals surface area (Å²) in [5.41, 5.74) is 6.25. The maximum Gasteiger partial charge on any atom is 0.337 e. The maximum atomic E-state index is 11.8. The van der Waals surface area contributed by atoms with Crippen LogP contribution in [-0.2, 0) is 4.74 Å². The van der Waals surface area contributed by atoms with E-state index in [0.717, 1.165) is 11.8 Å². The smallest absolute Gasteiger partial charge is 0.337 e. The summed E-state index contributed by atoms with van der Waals surface area (Å²) in [5, 5.41) is 3.97. The average Bonchev–Trinajstić information content (AvgIpc) is 3.35. The number of benzene rings is 2. The molecule has 2 aromatic carbocycles. The van der Waals surface area contributed by atoms with E-state index in [2.05, 4.69) is 49.5 Å². The first-order valence-corrected chi connectivity index (χ1v) is 10.7. The number of methoxy groups -OCH3 is 1. The molecule has 2 saturated carbocycles. The van der Waals surface area contributed by atoms with Crippen LogP contribution in [0.2, 0.25) is 0 Å². The van der Waals surface area contributed by atoms with Gasteiger partial charge in [0.05, 0.1) is 18.7 Å². The molecule has 2 fully saturated rings. The van der Waals surface area contributed by atoms with E-state index >= 15 is 0 Å². The second-order valence-electron chi connectivity index (χ2n) is 9.14. The van der Waals surface area contributed by atoms with Crippen molar-refractivity contribution in [1.82, 2.24) is 0 Å². The fraction of sp³-hybridized carbons (Fsp3) is 0.480. The zero-order valence-corrected chi connectivity index (χ0v) is 16.9. The predicted molar refractivity (Wildman–Crippen MR) is 112 cm³/mol. The largest absolute Gasteiger partial charge is 0.465 e. The summed E-state index contributed by atoms with van der Waals surface area (Å²) in [6.45, 7) is 4.56. The van der Waals surface area contributed by atoms with Gasteiger partial charge in [0.25, 0.3) is 0 Å². The molecular weight excluding hydrogens is 346 g/mol. The van der Waals surface area contributed by atoms with Crippen molar-refractivity contribution >= 4 is 11.7 Å². The van der Waals surface area contributed by atoms with E-state index in [9.17, 15) is 4.79 Å². The van der Waals surface area contributed by atoms with Crippen molar-refractivity contribution in [3.63, 3.8) is 0 Å². The molecule has 0 amide bonds. The number of rotatable bonds is 3. The molecule has 146 valence electrons. The lowest BCUT2D eigenvalue weighted by Crippen LogP contribution is -2.36. The summed E-state index contributed by atoms with van der Waals surface area (Å²) in [5.74, 6) is 3.18. The van der Waals surface area contributed by atoms with Gasteiger partial charge in [-0.3, -0.25) is 0 Å². The molecule has 1 N–H and O–H groups in total. The second-order valence-corrected chi connectivity index (χ2v) is 9.14. The number of nitrogens with one attached hydrogen (secondary N) is 1. The molecule has 3 nitrogen and oxygen atoms in total. The Labute approximate surface area is 167 Å². The first-order chi connectivity index (χ1) is 13.6. The maximum absolute atomic E-state index is 11.8. The summed E-state index contributed by atoms with van der Waals surface area (Å²) in [6, 6.07) is 15.3. The lowest BCUT2D eigenvalue weighted by Gasteiger charge is -2.44. The Morgan fingerprint density at radius 3 is 2.54 bits per heavy atom. The molecule has 1 aliphatic heterocycles. The second kappa shape index (κ2) is 6.65. The molecule has 2 aliphatic carbocycles. The van der Waals surface area contributed by atoms with Crippen molar-refractivity contribution in [1.29, 1.82) is 0 Å². The number of carbonyl (C=O) groups is 1. The molecule has 3 heteroatoms. The monoisotopic (exact) mass is 375 g/mol. The van der Waals surface area contributed by atoms with Crippen molar-refractivity contribution in [2.45, 2.75) is 51.0 Å². The molecule has 0 spiro atoms. The molecule has 2 aromatic rings. The lowest BCUT2D eigenvalue weighted by molar-refractivity contribution is 0.0600. The standard InChI is InChI=1S/C25H29NO2/c1-14(2)19-5-4-6-20-21-17-11-12-18(13-17)22(21)23(26-24(19)20)15-7-9-16(10-8-15)25(27)28-3/h4-10,14,17-18,21-23,26H,11-13H2,1-3H3/t17-,18-,21-,22-,23-/m0/s1. The van der Waals surface area contributed by atoms with Gasteiger partial charge in [0, 0.05) is 5.69 Å². The van der Waals surface area contributed by atoms with E-state index < -0.39 is 0 Å². The fourth-order valence-electron chi connectivity index (χ4n) is 6.29. The number of esters is 1. The number of hydrogen-bond donors (Lipinski definition) is 1. The number of fused-ring (bicyclic) bond motifs is 7. The van der Waals surface area contributed by atoms with Crippen LogP contribution in [-0.4, -0.2) is 13.1 Å². The Bertz CT molecular complexity index is 901. The highest BCUT2D eigenvalue weighted by atomic mass is 16.5. The van der Waals surface area contributed by atoms with Gasteiger partial charge in [-0.25, -0.2) is 4.79 Å². The van der Waals surface area contributed by atoms with E-state index in [1.807, 2.05) is 12.1 Å². The highest BCUT2D eigenvalue weighted by molar-refractivity contribution is 5.89. The first-order valence-electron chi connectivity index (χ1n) is 10.7. The quantitative estimate of drug-likeness (QED) is 0.680. The zero-order valence-electron chi connectivity index (χ0n) is 16.9. The van der Waals surface area contributed by atoms with Gasteiger partial charge >= 0.3 is 5.97 Å². The van der Waals surface area contributed by atoms with Crippen molar-refractivity contribution in [3.8, 4) is 0 Å². The van der Waals surface area contributed by atoms with Gasteiger partial charge in [-0.05, 0) is 77.7 Å². The Morgan fingerprint density at radius 1 is 1.07 bits per heavy atom. The Balaban J connectivity index is 1.58. The van der Waals surface area contributed by atoms with E-state index in [0.29, 0.717) is 29.4 Å². The minimum Gasteiger partial charge on any atom is -0.465 e. The van der Waals surface area contributed by atoms with Gasteiger partial charge in [-0.15, -0.1) is 0 Å². The molecule has 2 bridgehead atoms. The third kappa shape index (κ3) is 2.59. The van der Waals surface area contributed by atoms with Crippen LogP contribution >= 0.6 is 0 Å². The highest BCUT2D eigenvalue weighted by Gasteiger charge is 2.54. The van der Waals surface area contributed by atoms with Crippen LogP contribution < -0.4 is 5.32 Å². The normalized spacial score (nSPS) is 29.9. The van der Waals surface area contributed by atoms with Crippen molar-refractivity contribution in [3.05, 3.63) is 64.7 Å². The third-order valence-corrected chi connectivity index (χ3v) is 7.47. The summed E-state index contributed by atoms with van der Waals surface area (Å²) in [7, 11) is 1.43. The van der Waals surface area contributed by atoms with Gasteiger partial charge in [0.1, 0.15) is 0 Å². The number of ether oxygens (including phenoxy) is 1. The van der Waals surface area contributed by atoms with Gasteiger partial charge in [-0.1, -0.05) is 44.2 Å². The number of hydrogen-bond acceptors (Lipinski definition) is 3. The van der Waals surface area contributed by atoms with Gasteiger partial charge < -0.3 is 10.1 Å². The minimum absolute atomic E-state index is 0.270. The Morgan fingerprint density at radius 2 is 1.82 bits per heavy atom. The predicted octanol–water partition coefficient (Wildman–Crippen LogP) is 5.89. The number of anilines is 1. The molecule has 3 aliphatic rings. The molecule has 0 unspecified atom stereocenters.